The molecule has 0 aliphatic rings. The fourth-order valence-electron chi connectivity index (χ4n) is 0. The van der Waals surface area contributed by atoms with Gasteiger partial charge in [0.05, 0.1) is 0 Å². The second-order valence-corrected chi connectivity index (χ2v) is 0. The normalized spacial score (nSPS) is 0. The summed E-state index contributed by atoms with van der Waals surface area (Å²) in [4.78, 5) is 0. The van der Waals surface area contributed by atoms with E-state index >= 15 is 0 Å². The van der Waals surface area contributed by atoms with E-state index < -0.39 is 0 Å². The summed E-state index contributed by atoms with van der Waals surface area (Å²) >= 11 is 0. The first-order valence-corrected chi connectivity index (χ1v) is 0. The standard InChI is InChI=1S/Na.6H2O.Rb.2H/h;6*1H2;;;/q+1;;;;;;;+1;2*-1. The van der Waals surface area contributed by atoms with Crippen molar-refractivity contribution in [2.45, 2.75) is 0 Å². The Kier molecular flexibility index (Phi) is 1960. The summed E-state index contributed by atoms with van der Waals surface area (Å²) < 4.78 is 0. The Balaban J connectivity index is 0. The maximum Gasteiger partial charge on any atom is 1.00 e. The van der Waals surface area contributed by atoms with Gasteiger partial charge < -0.3 is 35.7 Å². The second kappa shape index (κ2) is 107. The number of hydrogen-bond donors (Lipinski definition) is 0. The van der Waals surface area contributed by atoms with Crippen LogP contribution >= 0.6 is 0 Å². The van der Waals surface area contributed by atoms with Gasteiger partial charge in [-0.2, -0.15) is 0 Å². The van der Waals surface area contributed by atoms with E-state index in [9.17, 15) is 0 Å². The van der Waals surface area contributed by atoms with Gasteiger partial charge in [0.25, 0.3) is 0 Å². The monoisotopic (exact) mass is 218 g/mol. The van der Waals surface area contributed by atoms with Gasteiger partial charge in [-0.25, -0.2) is 0 Å². The second-order valence-electron chi connectivity index (χ2n) is 0. The molecule has 0 aromatic heterocycles. The summed E-state index contributed by atoms with van der Waals surface area (Å²) in [5, 5.41) is 0. The minimum atomic E-state index is 0. The van der Waals surface area contributed by atoms with Crippen molar-refractivity contribution in [2.24, 2.45) is 0 Å². The van der Waals surface area contributed by atoms with Gasteiger partial charge in [-0.15, -0.1) is 0 Å². The number of rotatable bonds is 0. The average molecular weight is 219 g/mol. The first kappa shape index (κ1) is 147. The van der Waals surface area contributed by atoms with Crippen molar-refractivity contribution in [2.75, 3.05) is 0 Å². The molecule has 0 aromatic carbocycles. The van der Waals surface area contributed by atoms with Gasteiger partial charge in [-0.3, -0.25) is 0 Å². The van der Waals surface area contributed by atoms with Crippen LogP contribution in [-0.2, 0) is 0 Å². The molecule has 0 rings (SSSR count). The SMILES string of the molecule is O.O.O.O.O.O.[H-].[H-].[Na+].[Rb+]. The van der Waals surface area contributed by atoms with Crippen LogP contribution in [0.1, 0.15) is 2.85 Å². The first-order chi connectivity index (χ1) is 0. The summed E-state index contributed by atoms with van der Waals surface area (Å²) in [7, 11) is 0. The quantitative estimate of drug-likeness (QED) is 0.349. The molecule has 6 nitrogen and oxygen atoms in total. The van der Waals surface area contributed by atoms with Crippen molar-refractivity contribution >= 4 is 0 Å². The van der Waals surface area contributed by atoms with Crippen LogP contribution in [0.2, 0.25) is 0 Å². The van der Waals surface area contributed by atoms with Crippen LogP contribution < -0.4 is 87.7 Å². The molecule has 0 saturated carbocycles. The fourth-order valence-corrected chi connectivity index (χ4v) is 0. The molecule has 0 amide bonds. The molecule has 0 bridgehead atoms. The third-order valence-electron chi connectivity index (χ3n) is 0. The zero-order valence-corrected chi connectivity index (χ0v) is 11.9. The molecule has 12 N–H and O–H groups in total. The van der Waals surface area contributed by atoms with Crippen LogP contribution in [0.4, 0.5) is 0 Å². The third kappa shape index (κ3) is 74.5. The van der Waals surface area contributed by atoms with E-state index in [1.165, 1.54) is 0 Å². The Morgan fingerprint density at radius 1 is 0.500 bits per heavy atom. The topological polar surface area (TPSA) is 189 Å². The van der Waals surface area contributed by atoms with E-state index in [-0.39, 0.29) is 123 Å². The molecule has 0 spiro atoms. The first-order valence-electron chi connectivity index (χ1n) is 0. The van der Waals surface area contributed by atoms with E-state index in [0.717, 1.165) is 0 Å². The van der Waals surface area contributed by atoms with Crippen molar-refractivity contribution < 1.29 is 123 Å². The molecule has 0 saturated heterocycles. The van der Waals surface area contributed by atoms with E-state index in [0.29, 0.717) is 0 Å². The van der Waals surface area contributed by atoms with E-state index in [1.54, 1.807) is 0 Å². The van der Waals surface area contributed by atoms with Gasteiger partial charge in [0.15, 0.2) is 0 Å². The summed E-state index contributed by atoms with van der Waals surface area (Å²) in [5.41, 5.74) is 0. The molecule has 0 aliphatic heterocycles. The van der Waals surface area contributed by atoms with Crippen LogP contribution in [-0.4, -0.2) is 32.9 Å². The van der Waals surface area contributed by atoms with Gasteiger partial charge >= 0.3 is 87.7 Å². The van der Waals surface area contributed by atoms with Crippen molar-refractivity contribution in [1.29, 1.82) is 0 Å². The Labute approximate surface area is 121 Å². The minimum absolute atomic E-state index is 0. The zero-order valence-electron chi connectivity index (χ0n) is 7.00. The summed E-state index contributed by atoms with van der Waals surface area (Å²) in [6.45, 7) is 0. The van der Waals surface area contributed by atoms with Gasteiger partial charge in [0.1, 0.15) is 0 Å². The Bertz CT molecular complexity index is 15.7. The molecule has 0 aliphatic carbocycles. The fraction of sp³-hybridized carbons (Fsp3) is 0. The molecule has 8 heavy (non-hydrogen) atoms. The Morgan fingerprint density at radius 2 is 0.500 bits per heavy atom. The maximum atomic E-state index is 0. The molecule has 0 radical (unpaired) electrons. The molecular formula is H14NaO6Rb. The van der Waals surface area contributed by atoms with Crippen LogP contribution in [0.25, 0.3) is 0 Å². The van der Waals surface area contributed by atoms with Gasteiger partial charge in [0.2, 0.25) is 0 Å². The maximum absolute atomic E-state index is 0. The zero-order chi connectivity index (χ0) is 0. The predicted octanol–water partition coefficient (Wildman–Crippen LogP) is -10.7. The predicted molar refractivity (Wildman–Crippen MR) is 23.9 cm³/mol. The van der Waals surface area contributed by atoms with E-state index in [4.69, 9.17) is 0 Å². The van der Waals surface area contributed by atoms with E-state index in [1.807, 2.05) is 0 Å². The molecule has 0 fully saturated rings. The van der Waals surface area contributed by atoms with Crippen molar-refractivity contribution in [3.05, 3.63) is 0 Å². The van der Waals surface area contributed by atoms with E-state index in [2.05, 4.69) is 0 Å². The largest absolute Gasteiger partial charge is 1.00 e. The Hall–Kier alpha value is 2.57. The van der Waals surface area contributed by atoms with Crippen molar-refractivity contribution in [1.82, 2.24) is 0 Å². The van der Waals surface area contributed by atoms with Gasteiger partial charge in [-0.05, 0) is 0 Å². The minimum Gasteiger partial charge on any atom is -1.00 e. The number of hydrogen-bond acceptors (Lipinski definition) is 0. The average Bonchev–Trinajstić information content (AvgIpc) is 0. The van der Waals surface area contributed by atoms with Crippen molar-refractivity contribution in [3.63, 3.8) is 0 Å². The van der Waals surface area contributed by atoms with Crippen LogP contribution in [0.5, 0.6) is 0 Å². The Morgan fingerprint density at radius 3 is 0.500 bits per heavy atom. The molecule has 8 heteroatoms. The summed E-state index contributed by atoms with van der Waals surface area (Å²) in [6.07, 6.45) is 0. The van der Waals surface area contributed by atoms with Gasteiger partial charge in [0, 0.05) is 0 Å². The molecule has 0 unspecified atom stereocenters. The molecule has 0 atom stereocenters. The van der Waals surface area contributed by atoms with Crippen LogP contribution in [0.15, 0.2) is 0 Å². The summed E-state index contributed by atoms with van der Waals surface area (Å²) in [5.74, 6) is 0. The molecular weight excluding hydrogens is 204 g/mol. The van der Waals surface area contributed by atoms with Crippen LogP contribution in [0.3, 0.4) is 0 Å². The molecule has 0 heterocycles. The van der Waals surface area contributed by atoms with Crippen molar-refractivity contribution in [3.8, 4) is 0 Å². The summed E-state index contributed by atoms with van der Waals surface area (Å²) in [6, 6.07) is 0. The molecule has 0 aromatic rings. The van der Waals surface area contributed by atoms with Gasteiger partial charge in [-0.1, -0.05) is 0 Å². The molecule has 52 valence electrons. The third-order valence-corrected chi connectivity index (χ3v) is 0. The van der Waals surface area contributed by atoms with Crippen LogP contribution in [0, 0.1) is 0 Å². The smallest absolute Gasteiger partial charge is 1.00 e.